The number of nitrogens with zero attached hydrogens (tertiary/aromatic N) is 3. The van der Waals surface area contributed by atoms with E-state index in [-0.39, 0.29) is 28.9 Å². The van der Waals surface area contributed by atoms with E-state index in [1.165, 1.54) is 12.1 Å². The van der Waals surface area contributed by atoms with Gasteiger partial charge in [0.15, 0.2) is 0 Å². The van der Waals surface area contributed by atoms with Gasteiger partial charge in [-0.25, -0.2) is 4.39 Å². The first-order valence-electron chi connectivity index (χ1n) is 12.1. The molecule has 0 saturated carbocycles. The Morgan fingerprint density at radius 2 is 1.95 bits per heavy atom. The van der Waals surface area contributed by atoms with E-state index in [2.05, 4.69) is 10.3 Å². The zero-order valence-corrected chi connectivity index (χ0v) is 21.9. The smallest absolute Gasteiger partial charge is 0.269 e. The van der Waals surface area contributed by atoms with Crippen molar-refractivity contribution < 1.29 is 14.0 Å². The van der Waals surface area contributed by atoms with Gasteiger partial charge in [-0.15, -0.1) is 0 Å². The number of amidine groups is 1. The maximum absolute atomic E-state index is 14.2. The molecule has 0 bridgehead atoms. The van der Waals surface area contributed by atoms with Crippen molar-refractivity contribution in [3.63, 3.8) is 0 Å². The normalized spacial score (nSPS) is 18.9. The van der Waals surface area contributed by atoms with Crippen LogP contribution in [0, 0.1) is 11.2 Å². The van der Waals surface area contributed by atoms with Gasteiger partial charge in [-0.1, -0.05) is 29.3 Å². The predicted octanol–water partition coefficient (Wildman–Crippen LogP) is 4.52. The van der Waals surface area contributed by atoms with Crippen LogP contribution in [-0.4, -0.2) is 65.4 Å². The monoisotopic (exact) mass is 546 g/mol. The number of hydrogen-bond donors (Lipinski definition) is 3. The van der Waals surface area contributed by atoms with Crippen LogP contribution in [0.4, 0.5) is 10.1 Å². The Labute approximate surface area is 225 Å². The first-order chi connectivity index (χ1) is 17.7. The van der Waals surface area contributed by atoms with Crippen molar-refractivity contribution in [2.45, 2.75) is 38.3 Å². The minimum absolute atomic E-state index is 0.0253. The molecular weight excluding hydrogens is 518 g/mol. The Morgan fingerprint density at radius 1 is 1.22 bits per heavy atom. The maximum atomic E-state index is 14.2. The van der Waals surface area contributed by atoms with Crippen LogP contribution in [-0.2, 0) is 4.79 Å². The maximum Gasteiger partial charge on any atom is 0.269 e. The molecule has 196 valence electrons. The van der Waals surface area contributed by atoms with Crippen LogP contribution in [0.5, 0.6) is 0 Å². The van der Waals surface area contributed by atoms with Crippen molar-refractivity contribution in [1.82, 2.24) is 9.80 Å². The van der Waals surface area contributed by atoms with Gasteiger partial charge < -0.3 is 16.0 Å². The van der Waals surface area contributed by atoms with Crippen molar-refractivity contribution in [2.24, 2.45) is 10.7 Å². The van der Waals surface area contributed by atoms with Crippen LogP contribution in [0.3, 0.4) is 0 Å². The number of carbonyl (C=O) groups is 2. The number of rotatable bonds is 7. The summed E-state index contributed by atoms with van der Waals surface area (Å²) in [5.74, 6) is -0.995. The average molecular weight is 547 g/mol. The summed E-state index contributed by atoms with van der Waals surface area (Å²) < 4.78 is 14.2. The number of halogens is 3. The average Bonchev–Trinajstić information content (AvgIpc) is 3.42. The third-order valence-electron chi connectivity index (χ3n) is 6.82. The van der Waals surface area contributed by atoms with Crippen molar-refractivity contribution in [2.75, 3.05) is 31.5 Å². The van der Waals surface area contributed by atoms with Crippen LogP contribution in [0.1, 0.15) is 48.1 Å². The zero-order valence-electron chi connectivity index (χ0n) is 20.4. The Hall–Kier alpha value is -3.01. The van der Waals surface area contributed by atoms with Gasteiger partial charge in [-0.3, -0.25) is 24.9 Å². The fourth-order valence-corrected chi connectivity index (χ4v) is 5.51. The Kier molecular flexibility index (Phi) is 8.46. The Bertz CT molecular complexity index is 1250. The van der Waals surface area contributed by atoms with E-state index in [4.69, 9.17) is 34.3 Å². The van der Waals surface area contributed by atoms with E-state index < -0.39 is 23.8 Å². The number of anilines is 1. The summed E-state index contributed by atoms with van der Waals surface area (Å²) in [4.78, 5) is 33.6. The van der Waals surface area contributed by atoms with Crippen molar-refractivity contribution in [3.8, 4) is 0 Å². The lowest BCUT2D eigenvalue weighted by Crippen LogP contribution is -2.52. The highest BCUT2D eigenvalue weighted by Gasteiger charge is 2.34. The molecule has 2 atom stereocenters. The van der Waals surface area contributed by atoms with E-state index in [1.807, 2.05) is 11.8 Å². The fraction of sp³-hybridized carbons (Fsp3) is 0.385. The van der Waals surface area contributed by atoms with Gasteiger partial charge in [-0.05, 0) is 50.1 Å². The molecular formula is C26H29Cl2FN6O2. The van der Waals surface area contributed by atoms with Crippen LogP contribution >= 0.6 is 23.2 Å². The number of hydrogen-bond acceptors (Lipinski definition) is 6. The first kappa shape index (κ1) is 27.0. The molecule has 2 aromatic rings. The molecule has 4 rings (SSSR count). The number of nitrogens with one attached hydrogen (secondary N) is 2. The number of carbonyl (C=O) groups excluding carboxylic acids is 2. The first-order valence-corrected chi connectivity index (χ1v) is 12.9. The number of likely N-dealkylation sites (tertiary alicyclic amines) is 1. The highest BCUT2D eigenvalue weighted by Crippen LogP contribution is 2.37. The van der Waals surface area contributed by atoms with E-state index in [0.29, 0.717) is 34.9 Å². The third kappa shape index (κ3) is 5.95. The molecule has 2 unspecified atom stereocenters. The fourth-order valence-electron chi connectivity index (χ4n) is 4.83. The van der Waals surface area contributed by atoms with Gasteiger partial charge in [0.05, 0.1) is 23.3 Å². The number of nitrogens with two attached hydrogens (primary N) is 1. The van der Waals surface area contributed by atoms with Gasteiger partial charge in [0.1, 0.15) is 11.7 Å². The van der Waals surface area contributed by atoms with Crippen LogP contribution in [0.25, 0.3) is 0 Å². The second-order valence-corrected chi connectivity index (χ2v) is 10.00. The molecule has 0 radical (unpaired) electrons. The molecule has 2 heterocycles. The number of benzene rings is 2. The van der Waals surface area contributed by atoms with E-state index >= 15 is 0 Å². The lowest BCUT2D eigenvalue weighted by Gasteiger charge is -2.39. The molecule has 0 spiro atoms. The lowest BCUT2D eigenvalue weighted by atomic mass is 9.99. The summed E-state index contributed by atoms with van der Waals surface area (Å²) in [6, 6.07) is 8.32. The van der Waals surface area contributed by atoms with Gasteiger partial charge in [0.2, 0.25) is 0 Å². The second-order valence-electron chi connectivity index (χ2n) is 9.21. The zero-order chi connectivity index (χ0) is 26.7. The standard InChI is InChI=1S/C26H29Cl2FN6O2/c1-15(22-18(27)7-8-19(29)23(22)28)35-12-9-32-24(31)21(35)14-20(30)25(36)33-17-6-4-5-16(13-17)26(37)34-10-2-3-11-34/h4-8,13,15,21,30H,2-3,9-12,14H2,1H3,(H2,31,32)(H,33,36). The summed E-state index contributed by atoms with van der Waals surface area (Å²) in [6.07, 6.45) is 1.95. The predicted molar refractivity (Wildman–Crippen MR) is 144 cm³/mol. The summed E-state index contributed by atoms with van der Waals surface area (Å²) >= 11 is 12.6. The van der Waals surface area contributed by atoms with Crippen LogP contribution in [0.15, 0.2) is 41.4 Å². The highest BCUT2D eigenvalue weighted by molar-refractivity contribution is 6.42. The molecule has 4 N–H and O–H groups in total. The van der Waals surface area contributed by atoms with Gasteiger partial charge >= 0.3 is 0 Å². The minimum Gasteiger partial charge on any atom is -0.386 e. The Morgan fingerprint density at radius 3 is 2.68 bits per heavy atom. The van der Waals surface area contributed by atoms with E-state index in [1.54, 1.807) is 29.2 Å². The van der Waals surface area contributed by atoms with Crippen molar-refractivity contribution in [3.05, 3.63) is 63.4 Å². The summed E-state index contributed by atoms with van der Waals surface area (Å²) in [5, 5.41) is 11.4. The van der Waals surface area contributed by atoms with Gasteiger partial charge in [0.25, 0.3) is 11.8 Å². The molecule has 0 aromatic heterocycles. The molecule has 2 aliphatic rings. The van der Waals surface area contributed by atoms with E-state index in [0.717, 1.165) is 25.9 Å². The number of amides is 2. The lowest BCUT2D eigenvalue weighted by molar-refractivity contribution is -0.110. The van der Waals surface area contributed by atoms with E-state index in [9.17, 15) is 14.0 Å². The topological polar surface area (TPSA) is 115 Å². The molecule has 2 aliphatic heterocycles. The largest absolute Gasteiger partial charge is 0.386 e. The molecule has 37 heavy (non-hydrogen) atoms. The molecule has 0 aliphatic carbocycles. The Balaban J connectivity index is 1.47. The van der Waals surface area contributed by atoms with Crippen molar-refractivity contribution in [1.29, 1.82) is 5.41 Å². The molecule has 2 amide bonds. The summed E-state index contributed by atoms with van der Waals surface area (Å²) in [6.45, 7) is 4.15. The number of aliphatic imine (C=N–C) groups is 1. The molecule has 8 nitrogen and oxygen atoms in total. The van der Waals surface area contributed by atoms with Gasteiger partial charge in [-0.2, -0.15) is 0 Å². The molecule has 1 saturated heterocycles. The van der Waals surface area contributed by atoms with Crippen LogP contribution < -0.4 is 11.1 Å². The van der Waals surface area contributed by atoms with Crippen LogP contribution in [0.2, 0.25) is 10.0 Å². The molecule has 1 fully saturated rings. The summed E-state index contributed by atoms with van der Waals surface area (Å²) in [7, 11) is 0. The second kappa shape index (κ2) is 11.6. The van der Waals surface area contributed by atoms with Crippen molar-refractivity contribution >= 4 is 52.3 Å². The third-order valence-corrected chi connectivity index (χ3v) is 7.53. The molecule has 11 heteroatoms. The van der Waals surface area contributed by atoms with Gasteiger partial charge in [0, 0.05) is 53.9 Å². The SMILES string of the molecule is CC(c1c(Cl)ccc(F)c1Cl)N1CCN=C(N)C1CC(=N)C(=O)Nc1cccc(C(=O)N2CCCC2)c1. The quantitative estimate of drug-likeness (QED) is 0.349. The highest BCUT2D eigenvalue weighted by atomic mass is 35.5. The summed E-state index contributed by atoms with van der Waals surface area (Å²) in [5.41, 5.74) is 7.31. The minimum atomic E-state index is -0.612. The molecule has 2 aromatic carbocycles.